The summed E-state index contributed by atoms with van der Waals surface area (Å²) in [5.74, 6) is 0.220. The third-order valence-corrected chi connectivity index (χ3v) is 1.92. The van der Waals surface area contributed by atoms with Gasteiger partial charge in [0, 0.05) is 13.2 Å². The van der Waals surface area contributed by atoms with Gasteiger partial charge < -0.3 is 10.2 Å². The molecule has 0 fully saturated rings. The van der Waals surface area contributed by atoms with Gasteiger partial charge in [0.15, 0.2) is 0 Å². The maximum atomic E-state index is 8.88. The smallest absolute Gasteiger partial charge is 0.0465 e. The molecule has 0 aromatic rings. The van der Waals surface area contributed by atoms with Crippen LogP contribution in [0.1, 0.15) is 27.2 Å². The van der Waals surface area contributed by atoms with Crippen molar-refractivity contribution in [1.82, 2.24) is 0 Å². The van der Waals surface area contributed by atoms with Crippen LogP contribution < -0.4 is 0 Å². The van der Waals surface area contributed by atoms with Gasteiger partial charge in [-0.2, -0.15) is 0 Å². The van der Waals surface area contributed by atoms with E-state index in [1.165, 1.54) is 0 Å². The van der Waals surface area contributed by atoms with E-state index in [-0.39, 0.29) is 24.5 Å². The zero-order valence-corrected chi connectivity index (χ0v) is 7.09. The number of aliphatic hydroxyl groups is 2. The van der Waals surface area contributed by atoms with Gasteiger partial charge in [-0.05, 0) is 17.8 Å². The van der Waals surface area contributed by atoms with Crippen molar-refractivity contribution >= 4 is 0 Å². The minimum absolute atomic E-state index is 0.109. The second-order valence-corrected chi connectivity index (χ2v) is 3.76. The maximum absolute atomic E-state index is 8.88. The van der Waals surface area contributed by atoms with Gasteiger partial charge in [0.2, 0.25) is 0 Å². The molecule has 2 nitrogen and oxygen atoms in total. The minimum atomic E-state index is 0.109. The molecule has 0 radical (unpaired) electrons. The van der Waals surface area contributed by atoms with Crippen molar-refractivity contribution in [3.8, 4) is 0 Å². The molecule has 2 heteroatoms. The van der Waals surface area contributed by atoms with Crippen LogP contribution in [-0.2, 0) is 0 Å². The minimum Gasteiger partial charge on any atom is -0.396 e. The van der Waals surface area contributed by atoms with Gasteiger partial charge in [-0.1, -0.05) is 20.8 Å². The van der Waals surface area contributed by atoms with Crippen molar-refractivity contribution in [2.24, 2.45) is 11.3 Å². The van der Waals surface area contributed by atoms with Crippen LogP contribution in [0, 0.1) is 11.3 Å². The highest BCUT2D eigenvalue weighted by Gasteiger charge is 2.22. The molecule has 0 aliphatic rings. The quantitative estimate of drug-likeness (QED) is 0.624. The zero-order valence-electron chi connectivity index (χ0n) is 7.09. The molecular formula is C8H18O2. The Balaban J connectivity index is 3.81. The van der Waals surface area contributed by atoms with Crippen LogP contribution in [0.3, 0.4) is 0 Å². The first-order chi connectivity index (χ1) is 4.52. The Morgan fingerprint density at radius 2 is 1.70 bits per heavy atom. The summed E-state index contributed by atoms with van der Waals surface area (Å²) in [7, 11) is 0. The van der Waals surface area contributed by atoms with Crippen LogP contribution in [0.25, 0.3) is 0 Å². The highest BCUT2D eigenvalue weighted by atomic mass is 16.3. The molecule has 0 aliphatic carbocycles. The molecule has 1 unspecified atom stereocenters. The fraction of sp³-hybridized carbons (Fsp3) is 1.00. The molecule has 0 aliphatic heterocycles. The molecule has 62 valence electrons. The lowest BCUT2D eigenvalue weighted by molar-refractivity contribution is 0.102. The lowest BCUT2D eigenvalue weighted by Gasteiger charge is -2.28. The number of aliphatic hydroxyl groups excluding tert-OH is 2. The highest BCUT2D eigenvalue weighted by Crippen LogP contribution is 2.27. The summed E-state index contributed by atoms with van der Waals surface area (Å²) in [6.45, 7) is 6.56. The molecule has 0 saturated heterocycles. The van der Waals surface area contributed by atoms with E-state index in [4.69, 9.17) is 10.2 Å². The van der Waals surface area contributed by atoms with Gasteiger partial charge in [-0.15, -0.1) is 0 Å². The molecule has 0 spiro atoms. The molecule has 10 heavy (non-hydrogen) atoms. The van der Waals surface area contributed by atoms with Gasteiger partial charge in [-0.3, -0.25) is 0 Å². The number of rotatable bonds is 3. The summed E-state index contributed by atoms with van der Waals surface area (Å²) in [5.41, 5.74) is 0.109. The molecule has 2 N–H and O–H groups in total. The van der Waals surface area contributed by atoms with Crippen molar-refractivity contribution in [1.29, 1.82) is 0 Å². The van der Waals surface area contributed by atoms with E-state index in [2.05, 4.69) is 20.8 Å². The lowest BCUT2D eigenvalue weighted by atomic mass is 9.79. The standard InChI is InChI=1S/C8H18O2/c1-8(2,3)7(6-10)4-5-9/h7,9-10H,4-6H2,1-3H3. The largest absolute Gasteiger partial charge is 0.396 e. The molecule has 0 heterocycles. The normalized spacial score (nSPS) is 15.3. The van der Waals surface area contributed by atoms with Crippen LogP contribution in [0.2, 0.25) is 0 Å². The second-order valence-electron chi connectivity index (χ2n) is 3.76. The van der Waals surface area contributed by atoms with E-state index in [0.29, 0.717) is 6.42 Å². The molecule has 0 rings (SSSR count). The van der Waals surface area contributed by atoms with Crippen molar-refractivity contribution in [3.63, 3.8) is 0 Å². The first kappa shape index (κ1) is 9.92. The van der Waals surface area contributed by atoms with E-state index in [1.54, 1.807) is 0 Å². The lowest BCUT2D eigenvalue weighted by Crippen LogP contribution is -2.24. The van der Waals surface area contributed by atoms with E-state index in [0.717, 1.165) is 0 Å². The second kappa shape index (κ2) is 3.94. The average Bonchev–Trinajstić information content (AvgIpc) is 1.80. The molecule has 0 bridgehead atoms. The van der Waals surface area contributed by atoms with Crippen molar-refractivity contribution < 1.29 is 10.2 Å². The average molecular weight is 146 g/mol. The third kappa shape index (κ3) is 3.18. The third-order valence-electron chi connectivity index (χ3n) is 1.92. The molecule has 0 aromatic carbocycles. The Morgan fingerprint density at radius 1 is 1.20 bits per heavy atom. The summed E-state index contributed by atoms with van der Waals surface area (Å²) in [4.78, 5) is 0. The maximum Gasteiger partial charge on any atom is 0.0465 e. The fourth-order valence-corrected chi connectivity index (χ4v) is 0.954. The summed E-state index contributed by atoms with van der Waals surface area (Å²) in [6.07, 6.45) is 0.694. The topological polar surface area (TPSA) is 40.5 Å². The first-order valence-electron chi connectivity index (χ1n) is 3.74. The van der Waals surface area contributed by atoms with Crippen LogP contribution >= 0.6 is 0 Å². The Labute approximate surface area is 62.9 Å². The van der Waals surface area contributed by atoms with Gasteiger partial charge >= 0.3 is 0 Å². The van der Waals surface area contributed by atoms with Crippen molar-refractivity contribution in [2.45, 2.75) is 27.2 Å². The summed E-state index contributed by atoms with van der Waals surface area (Å²) in [6, 6.07) is 0. The number of hydrogen-bond acceptors (Lipinski definition) is 2. The monoisotopic (exact) mass is 146 g/mol. The van der Waals surface area contributed by atoms with Gasteiger partial charge in [-0.25, -0.2) is 0 Å². The van der Waals surface area contributed by atoms with Crippen molar-refractivity contribution in [2.75, 3.05) is 13.2 Å². The van der Waals surface area contributed by atoms with Crippen LogP contribution in [-0.4, -0.2) is 23.4 Å². The van der Waals surface area contributed by atoms with Crippen LogP contribution in [0.15, 0.2) is 0 Å². The molecule has 1 atom stereocenters. The summed E-state index contributed by atoms with van der Waals surface area (Å²) < 4.78 is 0. The summed E-state index contributed by atoms with van der Waals surface area (Å²) >= 11 is 0. The van der Waals surface area contributed by atoms with E-state index < -0.39 is 0 Å². The van der Waals surface area contributed by atoms with Gasteiger partial charge in [0.05, 0.1) is 0 Å². The molecule has 0 saturated carbocycles. The van der Waals surface area contributed by atoms with Gasteiger partial charge in [0.1, 0.15) is 0 Å². The summed E-state index contributed by atoms with van der Waals surface area (Å²) in [5, 5.41) is 17.5. The van der Waals surface area contributed by atoms with E-state index in [1.807, 2.05) is 0 Å². The SMILES string of the molecule is CC(C)(C)C(CO)CCO. The van der Waals surface area contributed by atoms with Crippen LogP contribution in [0.4, 0.5) is 0 Å². The first-order valence-corrected chi connectivity index (χ1v) is 3.74. The predicted molar refractivity (Wildman–Crippen MR) is 41.7 cm³/mol. The Kier molecular flexibility index (Phi) is 3.91. The fourth-order valence-electron chi connectivity index (χ4n) is 0.954. The van der Waals surface area contributed by atoms with Crippen molar-refractivity contribution in [3.05, 3.63) is 0 Å². The highest BCUT2D eigenvalue weighted by molar-refractivity contribution is 4.72. The molecular weight excluding hydrogens is 128 g/mol. The van der Waals surface area contributed by atoms with Gasteiger partial charge in [0.25, 0.3) is 0 Å². The van der Waals surface area contributed by atoms with E-state index >= 15 is 0 Å². The molecule has 0 amide bonds. The van der Waals surface area contributed by atoms with E-state index in [9.17, 15) is 0 Å². The Bertz CT molecular complexity index is 83.7. The molecule has 0 aromatic heterocycles. The Hall–Kier alpha value is -0.0800. The number of hydrogen-bond donors (Lipinski definition) is 2. The Morgan fingerprint density at radius 3 is 1.80 bits per heavy atom. The zero-order chi connectivity index (χ0) is 8.20. The van der Waals surface area contributed by atoms with Crippen LogP contribution in [0.5, 0.6) is 0 Å². The predicted octanol–water partition coefficient (Wildman–Crippen LogP) is 1.02.